The summed E-state index contributed by atoms with van der Waals surface area (Å²) >= 11 is 0. The van der Waals surface area contributed by atoms with Gasteiger partial charge in [-0.25, -0.2) is 5.01 Å². The van der Waals surface area contributed by atoms with Crippen LogP contribution in [0.15, 0.2) is 84.2 Å². The molecule has 0 aliphatic carbocycles. The molecule has 1 aromatic heterocycles. The maximum absolute atomic E-state index is 13.0. The van der Waals surface area contributed by atoms with Gasteiger partial charge in [-0.3, -0.25) is 19.6 Å². The lowest BCUT2D eigenvalue weighted by Gasteiger charge is -2.22. The number of hydrogen-bond donors (Lipinski definition) is 1. The Balaban J connectivity index is 1.50. The Bertz CT molecular complexity index is 1480. The number of benzene rings is 3. The Kier molecular flexibility index (Phi) is 6.40. The predicted molar refractivity (Wildman–Crippen MR) is 136 cm³/mol. The van der Waals surface area contributed by atoms with Crippen LogP contribution in [0, 0.1) is 0 Å². The average Bonchev–Trinajstić information content (AvgIpc) is 3.37. The van der Waals surface area contributed by atoms with Crippen molar-refractivity contribution in [3.05, 3.63) is 90.3 Å². The van der Waals surface area contributed by atoms with E-state index in [1.54, 1.807) is 19.5 Å². The normalized spacial score (nSPS) is 15.1. The third-order valence-electron chi connectivity index (χ3n) is 6.20. The summed E-state index contributed by atoms with van der Waals surface area (Å²) in [6.45, 7) is 0. The molecule has 0 saturated heterocycles. The molecule has 2 heterocycles. The topological polar surface area (TPSA) is 105 Å². The highest BCUT2D eigenvalue weighted by Crippen LogP contribution is 2.35. The second-order valence-electron chi connectivity index (χ2n) is 8.52. The van der Waals surface area contributed by atoms with Gasteiger partial charge < -0.3 is 9.84 Å². The van der Waals surface area contributed by atoms with Gasteiger partial charge in [0.2, 0.25) is 5.91 Å². The summed E-state index contributed by atoms with van der Waals surface area (Å²) in [6, 6.07) is 21.1. The van der Waals surface area contributed by atoms with Crippen molar-refractivity contribution >= 4 is 28.6 Å². The summed E-state index contributed by atoms with van der Waals surface area (Å²) in [5.41, 5.74) is 6.02. The zero-order chi connectivity index (χ0) is 25.1. The van der Waals surface area contributed by atoms with E-state index in [1.165, 1.54) is 5.01 Å². The van der Waals surface area contributed by atoms with E-state index in [-0.39, 0.29) is 24.8 Å². The molecular weight excluding hydrogens is 456 g/mol. The fraction of sp³-hybridized carbons (Fsp3) is 0.179. The van der Waals surface area contributed by atoms with Crippen molar-refractivity contribution < 1.29 is 19.4 Å². The molecule has 3 aromatic carbocycles. The van der Waals surface area contributed by atoms with Crippen LogP contribution in [0.25, 0.3) is 22.2 Å². The summed E-state index contributed by atoms with van der Waals surface area (Å²) in [6.07, 6.45) is 3.38. The number of fused-ring (bicyclic) bond motifs is 1. The van der Waals surface area contributed by atoms with Crippen molar-refractivity contribution in [2.75, 3.05) is 7.11 Å². The minimum Gasteiger partial charge on any atom is -0.497 e. The van der Waals surface area contributed by atoms with Crippen LogP contribution in [-0.2, 0) is 9.59 Å². The van der Waals surface area contributed by atoms with Gasteiger partial charge in [0.25, 0.3) is 0 Å². The van der Waals surface area contributed by atoms with Crippen LogP contribution in [0.2, 0.25) is 0 Å². The summed E-state index contributed by atoms with van der Waals surface area (Å²) in [7, 11) is 1.64. The highest BCUT2D eigenvalue weighted by Gasteiger charge is 2.33. The number of carbonyl (C=O) groups is 2. The van der Waals surface area contributed by atoms with Gasteiger partial charge in [0.1, 0.15) is 5.75 Å². The van der Waals surface area contributed by atoms with Crippen LogP contribution in [0.1, 0.15) is 36.4 Å². The zero-order valence-corrected chi connectivity index (χ0v) is 19.7. The smallest absolute Gasteiger partial charge is 0.303 e. The molecule has 1 atom stereocenters. The molecule has 5 rings (SSSR count). The Labute approximate surface area is 207 Å². The molecule has 180 valence electrons. The highest BCUT2D eigenvalue weighted by molar-refractivity contribution is 6.04. The third kappa shape index (κ3) is 4.79. The van der Waals surface area contributed by atoms with E-state index < -0.39 is 5.97 Å². The van der Waals surface area contributed by atoms with Crippen LogP contribution in [0.5, 0.6) is 5.75 Å². The van der Waals surface area contributed by atoms with Gasteiger partial charge in [0.15, 0.2) is 0 Å². The highest BCUT2D eigenvalue weighted by atomic mass is 16.5. The molecule has 1 aliphatic rings. The lowest BCUT2D eigenvalue weighted by Crippen LogP contribution is -2.27. The first-order valence-electron chi connectivity index (χ1n) is 11.6. The van der Waals surface area contributed by atoms with Gasteiger partial charge in [-0.1, -0.05) is 36.4 Å². The fourth-order valence-electron chi connectivity index (χ4n) is 4.37. The molecular formula is C28H24N4O4. The molecule has 1 N–H and O–H groups in total. The van der Waals surface area contributed by atoms with Gasteiger partial charge in [0.05, 0.1) is 36.3 Å². The van der Waals surface area contributed by atoms with E-state index in [4.69, 9.17) is 9.84 Å². The minimum atomic E-state index is -1.02. The van der Waals surface area contributed by atoms with Crippen molar-refractivity contribution in [1.82, 2.24) is 15.0 Å². The summed E-state index contributed by atoms with van der Waals surface area (Å²) in [5, 5.41) is 15.2. The Hall–Kier alpha value is -4.59. The van der Waals surface area contributed by atoms with Gasteiger partial charge in [-0.2, -0.15) is 5.10 Å². The SMILES string of the molecule is COc1cccc(-c2cccc(C3=NN(C(=O)CCC(=O)O)C(c4ccc5nccnc5c4)C3)c2)c1. The number of nitrogens with zero attached hydrogens (tertiary/aromatic N) is 4. The number of carbonyl (C=O) groups excluding carboxylic acids is 1. The molecule has 1 unspecified atom stereocenters. The second-order valence-corrected chi connectivity index (χ2v) is 8.52. The maximum Gasteiger partial charge on any atom is 0.303 e. The zero-order valence-electron chi connectivity index (χ0n) is 19.7. The van der Waals surface area contributed by atoms with Crippen LogP contribution in [0.3, 0.4) is 0 Å². The molecule has 4 aromatic rings. The number of rotatable bonds is 7. The molecule has 8 heteroatoms. The van der Waals surface area contributed by atoms with Crippen LogP contribution >= 0.6 is 0 Å². The Morgan fingerprint density at radius 1 is 0.917 bits per heavy atom. The van der Waals surface area contributed by atoms with Crippen molar-refractivity contribution in [1.29, 1.82) is 0 Å². The fourth-order valence-corrected chi connectivity index (χ4v) is 4.37. The molecule has 1 aliphatic heterocycles. The maximum atomic E-state index is 13.0. The van der Waals surface area contributed by atoms with Crippen LogP contribution in [-0.4, -0.2) is 44.8 Å². The van der Waals surface area contributed by atoms with Gasteiger partial charge in [0, 0.05) is 25.2 Å². The van der Waals surface area contributed by atoms with Crippen molar-refractivity contribution in [3.63, 3.8) is 0 Å². The molecule has 0 bridgehead atoms. The first-order chi connectivity index (χ1) is 17.5. The Morgan fingerprint density at radius 3 is 2.42 bits per heavy atom. The first kappa shape index (κ1) is 23.2. The molecule has 36 heavy (non-hydrogen) atoms. The molecule has 0 radical (unpaired) electrons. The quantitative estimate of drug-likeness (QED) is 0.406. The minimum absolute atomic E-state index is 0.125. The molecule has 8 nitrogen and oxygen atoms in total. The first-order valence-corrected chi connectivity index (χ1v) is 11.6. The molecule has 0 spiro atoms. The number of amides is 1. The largest absolute Gasteiger partial charge is 0.497 e. The summed E-state index contributed by atoms with van der Waals surface area (Å²) in [5.74, 6) is -0.582. The van der Waals surface area contributed by atoms with Crippen LogP contribution in [0.4, 0.5) is 0 Å². The van der Waals surface area contributed by atoms with Gasteiger partial charge >= 0.3 is 5.97 Å². The monoisotopic (exact) mass is 480 g/mol. The van der Waals surface area contributed by atoms with Gasteiger partial charge in [-0.05, 0) is 52.6 Å². The number of carboxylic acids is 1. The molecule has 0 fully saturated rings. The summed E-state index contributed by atoms with van der Waals surface area (Å²) < 4.78 is 5.36. The predicted octanol–water partition coefficient (Wildman–Crippen LogP) is 4.85. The van der Waals surface area contributed by atoms with E-state index in [1.807, 2.05) is 66.7 Å². The Morgan fingerprint density at radius 2 is 1.64 bits per heavy atom. The van der Waals surface area contributed by atoms with Crippen molar-refractivity contribution in [2.45, 2.75) is 25.3 Å². The molecule has 1 amide bonds. The lowest BCUT2D eigenvalue weighted by atomic mass is 9.95. The third-order valence-corrected chi connectivity index (χ3v) is 6.20. The van der Waals surface area contributed by atoms with Crippen molar-refractivity contribution in [3.8, 4) is 16.9 Å². The average molecular weight is 481 g/mol. The van der Waals surface area contributed by atoms with E-state index >= 15 is 0 Å². The number of aromatic nitrogens is 2. The standard InChI is InChI=1S/C28H24N4O4/c1-36-22-7-3-5-19(15-22)18-4-2-6-20(14-18)24-17-26(32(31-24)27(33)10-11-28(34)35)21-8-9-23-25(16-21)30-13-12-29-23/h2-9,12-16,26H,10-11,17H2,1H3,(H,34,35). The lowest BCUT2D eigenvalue weighted by molar-refractivity contribution is -0.141. The number of hydrazone groups is 1. The molecule has 0 saturated carbocycles. The number of ether oxygens (including phenoxy) is 1. The number of methoxy groups -OCH3 is 1. The van der Waals surface area contributed by atoms with Gasteiger partial charge in [-0.15, -0.1) is 0 Å². The van der Waals surface area contributed by atoms with Crippen LogP contribution < -0.4 is 4.74 Å². The second kappa shape index (κ2) is 9.95. The number of hydrogen-bond acceptors (Lipinski definition) is 6. The summed E-state index contributed by atoms with van der Waals surface area (Å²) in [4.78, 5) is 32.8. The van der Waals surface area contributed by atoms with E-state index in [0.29, 0.717) is 6.42 Å². The van der Waals surface area contributed by atoms with E-state index in [2.05, 4.69) is 15.1 Å². The van der Waals surface area contributed by atoms with Crippen molar-refractivity contribution in [2.24, 2.45) is 5.10 Å². The van der Waals surface area contributed by atoms with E-state index in [0.717, 1.165) is 44.7 Å². The van der Waals surface area contributed by atoms with E-state index in [9.17, 15) is 9.59 Å². The number of carboxylic acid groups (broad SMARTS) is 1. The number of aliphatic carboxylic acids is 1.